The minimum absolute atomic E-state index is 0.0599. The fourth-order valence-electron chi connectivity index (χ4n) is 3.00. The van der Waals surface area contributed by atoms with E-state index < -0.39 is 39.8 Å². The van der Waals surface area contributed by atoms with Crippen molar-refractivity contribution in [3.05, 3.63) is 55.7 Å². The van der Waals surface area contributed by atoms with Crippen LogP contribution in [0.15, 0.2) is 38.8 Å². The normalized spacial score (nSPS) is 14.6. The summed E-state index contributed by atoms with van der Waals surface area (Å²) in [6.07, 6.45) is 0. The Morgan fingerprint density at radius 3 is 2.45 bits per heavy atom. The van der Waals surface area contributed by atoms with Crippen LogP contribution < -0.4 is 16.6 Å². The van der Waals surface area contributed by atoms with Crippen molar-refractivity contribution < 1.29 is 27.5 Å². The van der Waals surface area contributed by atoms with E-state index in [2.05, 4.69) is 5.32 Å². The highest BCUT2D eigenvalue weighted by molar-refractivity contribution is 7.89. The van der Waals surface area contributed by atoms with Gasteiger partial charge in [-0.15, -0.1) is 0 Å². The summed E-state index contributed by atoms with van der Waals surface area (Å²) >= 11 is 6.04. The van der Waals surface area contributed by atoms with Crippen LogP contribution in [-0.4, -0.2) is 66.6 Å². The highest BCUT2D eigenvalue weighted by atomic mass is 35.5. The molecule has 0 saturated carbocycles. The molecule has 1 aromatic carbocycles. The molecule has 2 aromatic rings. The Labute approximate surface area is 193 Å². The zero-order valence-corrected chi connectivity index (χ0v) is 19.3. The molecule has 0 radical (unpaired) electrons. The minimum atomic E-state index is -3.88. The number of nitrogens with one attached hydrogen (secondary N) is 1. The van der Waals surface area contributed by atoms with Crippen LogP contribution in [-0.2, 0) is 38.4 Å². The lowest BCUT2D eigenvalue weighted by atomic mass is 10.2. The van der Waals surface area contributed by atoms with Crippen molar-refractivity contribution >= 4 is 39.3 Å². The molecule has 1 N–H and O–H groups in total. The molecule has 1 saturated heterocycles. The monoisotopic (exact) mass is 500 g/mol. The highest BCUT2D eigenvalue weighted by Crippen LogP contribution is 2.24. The zero-order chi connectivity index (χ0) is 24.3. The van der Waals surface area contributed by atoms with Gasteiger partial charge in [-0.2, -0.15) is 4.31 Å². The number of halogens is 1. The van der Waals surface area contributed by atoms with E-state index in [-0.39, 0.29) is 47.6 Å². The van der Waals surface area contributed by atoms with Crippen molar-refractivity contribution in [3.8, 4) is 0 Å². The summed E-state index contributed by atoms with van der Waals surface area (Å²) in [5.41, 5.74) is -1.52. The molecule has 0 bridgehead atoms. The molecule has 12 nitrogen and oxygen atoms in total. The fourth-order valence-corrected chi connectivity index (χ4v) is 4.63. The molecule has 0 unspecified atom stereocenters. The van der Waals surface area contributed by atoms with Crippen molar-refractivity contribution in [2.24, 2.45) is 14.1 Å². The van der Waals surface area contributed by atoms with Gasteiger partial charge in [0.05, 0.1) is 28.7 Å². The van der Waals surface area contributed by atoms with E-state index in [4.69, 9.17) is 21.1 Å². The van der Waals surface area contributed by atoms with Crippen molar-refractivity contribution in [1.82, 2.24) is 13.4 Å². The third-order valence-corrected chi connectivity index (χ3v) is 7.12. The van der Waals surface area contributed by atoms with Gasteiger partial charge in [-0.05, 0) is 18.2 Å². The second-order valence-electron chi connectivity index (χ2n) is 7.05. The summed E-state index contributed by atoms with van der Waals surface area (Å²) in [5.74, 6) is -1.92. The predicted octanol–water partition coefficient (Wildman–Crippen LogP) is -0.446. The maximum atomic E-state index is 12.8. The average molecular weight is 501 g/mol. The Hall–Kier alpha value is -3.00. The van der Waals surface area contributed by atoms with Gasteiger partial charge in [0.25, 0.3) is 11.5 Å². The molecule has 1 aliphatic rings. The Bertz CT molecular complexity index is 1310. The minimum Gasteiger partial charge on any atom is -0.452 e. The van der Waals surface area contributed by atoms with E-state index in [0.29, 0.717) is 0 Å². The maximum Gasteiger partial charge on any atom is 0.340 e. The molecule has 1 aromatic heterocycles. The summed E-state index contributed by atoms with van der Waals surface area (Å²) in [4.78, 5) is 48.2. The van der Waals surface area contributed by atoms with Crippen molar-refractivity contribution in [1.29, 1.82) is 0 Å². The predicted molar refractivity (Wildman–Crippen MR) is 117 cm³/mol. The van der Waals surface area contributed by atoms with Crippen LogP contribution in [0, 0.1) is 0 Å². The van der Waals surface area contributed by atoms with Crippen LogP contribution in [0.4, 0.5) is 5.82 Å². The summed E-state index contributed by atoms with van der Waals surface area (Å²) in [5, 5.41) is 2.25. The molecule has 1 amide bonds. The van der Waals surface area contributed by atoms with Crippen molar-refractivity contribution in [2.75, 3.05) is 38.2 Å². The molecule has 1 fully saturated rings. The molecule has 1 aliphatic heterocycles. The number of nitrogens with zero attached hydrogens (tertiary/aromatic N) is 3. The Morgan fingerprint density at radius 2 is 1.79 bits per heavy atom. The maximum absolute atomic E-state index is 12.8. The summed E-state index contributed by atoms with van der Waals surface area (Å²) < 4.78 is 38.9. The number of carbonyl (C=O) groups excluding carboxylic acids is 2. The largest absolute Gasteiger partial charge is 0.452 e. The molecule has 3 rings (SSSR count). The average Bonchev–Trinajstić information content (AvgIpc) is 2.80. The molecular formula is C19H21ClN4O8S. The topological polar surface area (TPSA) is 146 Å². The number of ether oxygens (including phenoxy) is 2. The highest BCUT2D eigenvalue weighted by Gasteiger charge is 2.28. The van der Waals surface area contributed by atoms with Crippen molar-refractivity contribution in [3.63, 3.8) is 0 Å². The number of esters is 1. The SMILES string of the molecule is Cn1c(NC(=O)COC(=O)c2cc(S(=O)(=O)N3CCOCC3)ccc2Cl)cc(=O)n(C)c1=O. The van der Waals surface area contributed by atoms with Gasteiger partial charge in [0.15, 0.2) is 6.61 Å². The Kier molecular flexibility index (Phi) is 7.37. The molecular weight excluding hydrogens is 480 g/mol. The van der Waals surface area contributed by atoms with Gasteiger partial charge >= 0.3 is 11.7 Å². The van der Waals surface area contributed by atoms with Gasteiger partial charge in [0.1, 0.15) is 5.82 Å². The first kappa shape index (κ1) is 24.6. The molecule has 14 heteroatoms. The lowest BCUT2D eigenvalue weighted by molar-refractivity contribution is -0.119. The number of hydrogen-bond donors (Lipinski definition) is 1. The first-order valence-corrected chi connectivity index (χ1v) is 11.5. The Morgan fingerprint density at radius 1 is 1.12 bits per heavy atom. The van der Waals surface area contributed by atoms with E-state index in [1.807, 2.05) is 0 Å². The van der Waals surface area contributed by atoms with E-state index in [9.17, 15) is 27.6 Å². The van der Waals surface area contributed by atoms with Gasteiger partial charge in [-0.1, -0.05) is 11.6 Å². The molecule has 178 valence electrons. The summed E-state index contributed by atoms with van der Waals surface area (Å²) in [6.45, 7) is 0.108. The summed E-state index contributed by atoms with van der Waals surface area (Å²) in [6, 6.07) is 4.64. The molecule has 2 heterocycles. The van der Waals surface area contributed by atoms with Crippen LogP contribution in [0.2, 0.25) is 5.02 Å². The van der Waals surface area contributed by atoms with Crippen LogP contribution in [0.5, 0.6) is 0 Å². The van der Waals surface area contributed by atoms with Gasteiger partial charge in [-0.3, -0.25) is 18.7 Å². The number of anilines is 1. The van der Waals surface area contributed by atoms with Crippen molar-refractivity contribution in [2.45, 2.75) is 4.90 Å². The number of amides is 1. The molecule has 0 atom stereocenters. The number of hydrogen-bond acceptors (Lipinski definition) is 8. The fraction of sp³-hybridized carbons (Fsp3) is 0.368. The molecule has 33 heavy (non-hydrogen) atoms. The van der Waals surface area contributed by atoms with E-state index in [0.717, 1.165) is 21.3 Å². The van der Waals surface area contributed by atoms with E-state index in [1.54, 1.807) is 0 Å². The lowest BCUT2D eigenvalue weighted by Crippen LogP contribution is -2.40. The quantitative estimate of drug-likeness (QED) is 0.525. The third kappa shape index (κ3) is 5.33. The lowest BCUT2D eigenvalue weighted by Gasteiger charge is -2.26. The zero-order valence-electron chi connectivity index (χ0n) is 17.7. The second kappa shape index (κ2) is 9.87. The smallest absolute Gasteiger partial charge is 0.340 e. The number of rotatable bonds is 6. The number of morpholine rings is 1. The van der Waals surface area contributed by atoms with Gasteiger partial charge in [0.2, 0.25) is 10.0 Å². The Balaban J connectivity index is 1.72. The second-order valence-corrected chi connectivity index (χ2v) is 9.40. The van der Waals surface area contributed by atoms with Crippen LogP contribution in [0.25, 0.3) is 0 Å². The van der Waals surface area contributed by atoms with Gasteiger partial charge in [-0.25, -0.2) is 18.0 Å². The van der Waals surface area contributed by atoms with Gasteiger partial charge in [0, 0.05) is 33.3 Å². The molecule has 0 spiro atoms. The van der Waals surface area contributed by atoms with Crippen LogP contribution in [0.1, 0.15) is 10.4 Å². The first-order valence-electron chi connectivity index (χ1n) is 9.64. The van der Waals surface area contributed by atoms with Gasteiger partial charge < -0.3 is 14.8 Å². The summed E-state index contributed by atoms with van der Waals surface area (Å²) in [7, 11) is -1.24. The molecule has 0 aliphatic carbocycles. The van der Waals surface area contributed by atoms with E-state index >= 15 is 0 Å². The first-order chi connectivity index (χ1) is 15.5. The number of sulfonamides is 1. The number of carbonyl (C=O) groups is 2. The standard InChI is InChI=1S/C19H21ClN4O8S/c1-22-15(10-17(26)23(2)19(22)28)21-16(25)11-32-18(27)13-9-12(3-4-14(13)20)33(29,30)24-5-7-31-8-6-24/h3-4,9-10H,5-8,11H2,1-2H3,(H,21,25). The number of benzene rings is 1. The number of aromatic nitrogens is 2. The van der Waals surface area contributed by atoms with Crippen LogP contribution >= 0.6 is 11.6 Å². The third-order valence-electron chi connectivity index (χ3n) is 4.89. The van der Waals surface area contributed by atoms with E-state index in [1.165, 1.54) is 30.5 Å². The van der Waals surface area contributed by atoms with Crippen LogP contribution in [0.3, 0.4) is 0 Å².